The van der Waals surface area contributed by atoms with Gasteiger partial charge in [-0.3, -0.25) is 0 Å². The lowest BCUT2D eigenvalue weighted by Crippen LogP contribution is -2.09. The van der Waals surface area contributed by atoms with E-state index in [1.165, 1.54) is 28.8 Å². The van der Waals surface area contributed by atoms with Crippen LogP contribution in [0, 0.1) is 6.92 Å². The number of aromatic nitrogens is 2. The number of nitrogens with zero attached hydrogens (tertiary/aromatic N) is 2. The minimum absolute atomic E-state index is 0.924. The monoisotopic (exact) mass is 253 g/mol. The fraction of sp³-hybridized carbons (Fsp3) is 0.375. The van der Waals surface area contributed by atoms with E-state index in [0.29, 0.717) is 0 Å². The Kier molecular flexibility index (Phi) is 3.45. The summed E-state index contributed by atoms with van der Waals surface area (Å²) in [6.07, 6.45) is 6.13. The summed E-state index contributed by atoms with van der Waals surface area (Å²) < 4.78 is 0. The maximum Gasteiger partial charge on any atom is 0.132 e. The van der Waals surface area contributed by atoms with Crippen molar-refractivity contribution in [1.29, 1.82) is 0 Å². The van der Waals surface area contributed by atoms with E-state index in [-0.39, 0.29) is 0 Å². The first-order valence-corrected chi connectivity index (χ1v) is 6.95. The summed E-state index contributed by atoms with van der Waals surface area (Å²) in [4.78, 5) is 8.72. The molecule has 0 radical (unpaired) electrons. The van der Waals surface area contributed by atoms with Crippen LogP contribution in [0.2, 0.25) is 0 Å². The normalized spacial score (nSPS) is 13.3. The van der Waals surface area contributed by atoms with Crippen molar-refractivity contribution in [1.82, 2.24) is 9.97 Å². The van der Waals surface area contributed by atoms with Crippen molar-refractivity contribution >= 4 is 5.82 Å². The van der Waals surface area contributed by atoms with Crippen LogP contribution in [0.5, 0.6) is 0 Å². The first-order chi connectivity index (χ1) is 9.33. The Morgan fingerprint density at radius 1 is 1.21 bits per heavy atom. The van der Waals surface area contributed by atoms with Gasteiger partial charge in [0.1, 0.15) is 12.1 Å². The Bertz CT molecular complexity index is 578. The summed E-state index contributed by atoms with van der Waals surface area (Å²) in [5, 5.41) is 3.46. The zero-order chi connectivity index (χ0) is 13.1. The maximum atomic E-state index is 4.38. The van der Waals surface area contributed by atoms with Gasteiger partial charge in [0.2, 0.25) is 0 Å². The van der Waals surface area contributed by atoms with E-state index < -0.39 is 0 Å². The molecule has 0 bridgehead atoms. The van der Waals surface area contributed by atoms with Crippen molar-refractivity contribution in [3.05, 3.63) is 53.0 Å². The third-order valence-corrected chi connectivity index (χ3v) is 3.66. The van der Waals surface area contributed by atoms with E-state index in [1.807, 2.05) is 0 Å². The molecule has 3 heteroatoms. The van der Waals surface area contributed by atoms with Gasteiger partial charge in [-0.1, -0.05) is 29.8 Å². The van der Waals surface area contributed by atoms with E-state index in [9.17, 15) is 0 Å². The lowest BCUT2D eigenvalue weighted by molar-refractivity contribution is 0.899. The molecule has 0 spiro atoms. The average molecular weight is 253 g/mol. The van der Waals surface area contributed by atoms with E-state index in [4.69, 9.17) is 0 Å². The van der Waals surface area contributed by atoms with Crippen molar-refractivity contribution in [2.75, 3.05) is 11.9 Å². The molecule has 0 saturated heterocycles. The molecule has 1 aromatic carbocycles. The SMILES string of the molecule is Cc1cccc(CCNc2ncnc3c2CCC3)c1. The van der Waals surface area contributed by atoms with Gasteiger partial charge < -0.3 is 5.32 Å². The van der Waals surface area contributed by atoms with Gasteiger partial charge in [0.25, 0.3) is 0 Å². The molecule has 1 heterocycles. The van der Waals surface area contributed by atoms with Crippen molar-refractivity contribution in [3.8, 4) is 0 Å². The first kappa shape index (κ1) is 12.2. The molecule has 0 saturated carbocycles. The number of fused-ring (bicyclic) bond motifs is 1. The standard InChI is InChI=1S/C16H19N3/c1-12-4-2-5-13(10-12)8-9-17-16-14-6-3-7-15(14)18-11-19-16/h2,4-5,10-11H,3,6-9H2,1H3,(H,17,18,19). The molecular weight excluding hydrogens is 234 g/mol. The Morgan fingerprint density at radius 3 is 3.05 bits per heavy atom. The highest BCUT2D eigenvalue weighted by molar-refractivity contribution is 5.48. The summed E-state index contributed by atoms with van der Waals surface area (Å²) in [6.45, 7) is 3.06. The molecule has 3 nitrogen and oxygen atoms in total. The molecule has 0 atom stereocenters. The second-order valence-electron chi connectivity index (χ2n) is 5.17. The Balaban J connectivity index is 1.63. The van der Waals surface area contributed by atoms with Crippen LogP contribution in [-0.4, -0.2) is 16.5 Å². The van der Waals surface area contributed by atoms with Gasteiger partial charge in [-0.2, -0.15) is 0 Å². The predicted molar refractivity (Wildman–Crippen MR) is 77.4 cm³/mol. The summed E-state index contributed by atoms with van der Waals surface area (Å²) in [5.74, 6) is 1.04. The number of nitrogens with one attached hydrogen (secondary N) is 1. The highest BCUT2D eigenvalue weighted by atomic mass is 15.0. The molecule has 1 N–H and O–H groups in total. The average Bonchev–Trinajstić information content (AvgIpc) is 2.88. The van der Waals surface area contributed by atoms with Gasteiger partial charge in [-0.05, 0) is 38.2 Å². The quantitative estimate of drug-likeness (QED) is 0.910. The fourth-order valence-corrected chi connectivity index (χ4v) is 2.70. The van der Waals surface area contributed by atoms with Crippen LogP contribution < -0.4 is 5.32 Å². The highest BCUT2D eigenvalue weighted by Crippen LogP contribution is 2.24. The summed E-state index contributed by atoms with van der Waals surface area (Å²) >= 11 is 0. The molecule has 98 valence electrons. The molecule has 1 aliphatic carbocycles. The topological polar surface area (TPSA) is 37.8 Å². The smallest absolute Gasteiger partial charge is 0.132 e. The third-order valence-electron chi connectivity index (χ3n) is 3.66. The van der Waals surface area contributed by atoms with Crippen LogP contribution in [0.25, 0.3) is 0 Å². The van der Waals surface area contributed by atoms with Gasteiger partial charge in [0.05, 0.1) is 0 Å². The van der Waals surface area contributed by atoms with Crippen LogP contribution in [0.3, 0.4) is 0 Å². The van der Waals surface area contributed by atoms with E-state index in [1.54, 1.807) is 6.33 Å². The molecular formula is C16H19N3. The van der Waals surface area contributed by atoms with Crippen molar-refractivity contribution < 1.29 is 0 Å². The number of aryl methyl sites for hydroxylation is 2. The van der Waals surface area contributed by atoms with Crippen LogP contribution in [0.4, 0.5) is 5.82 Å². The second kappa shape index (κ2) is 5.39. The number of rotatable bonds is 4. The molecule has 0 fully saturated rings. The fourth-order valence-electron chi connectivity index (χ4n) is 2.70. The number of hydrogen-bond donors (Lipinski definition) is 1. The van der Waals surface area contributed by atoms with Gasteiger partial charge in [0.15, 0.2) is 0 Å². The summed E-state index contributed by atoms with van der Waals surface area (Å²) in [7, 11) is 0. The Hall–Kier alpha value is -1.90. The minimum atomic E-state index is 0.924. The molecule has 0 amide bonds. The highest BCUT2D eigenvalue weighted by Gasteiger charge is 2.16. The van der Waals surface area contributed by atoms with Crippen LogP contribution in [0.15, 0.2) is 30.6 Å². The van der Waals surface area contributed by atoms with Gasteiger partial charge in [-0.25, -0.2) is 9.97 Å². The summed E-state index contributed by atoms with van der Waals surface area (Å²) in [5.41, 5.74) is 5.25. The lowest BCUT2D eigenvalue weighted by atomic mass is 10.1. The van der Waals surface area contributed by atoms with Gasteiger partial charge in [-0.15, -0.1) is 0 Å². The number of benzene rings is 1. The molecule has 0 aliphatic heterocycles. The largest absolute Gasteiger partial charge is 0.369 e. The van der Waals surface area contributed by atoms with E-state index in [0.717, 1.165) is 31.6 Å². The zero-order valence-electron chi connectivity index (χ0n) is 11.3. The number of anilines is 1. The van der Waals surface area contributed by atoms with Gasteiger partial charge >= 0.3 is 0 Å². The molecule has 19 heavy (non-hydrogen) atoms. The second-order valence-corrected chi connectivity index (χ2v) is 5.17. The molecule has 1 aromatic heterocycles. The minimum Gasteiger partial charge on any atom is -0.369 e. The molecule has 0 unspecified atom stereocenters. The number of hydrogen-bond acceptors (Lipinski definition) is 3. The molecule has 3 rings (SSSR count). The van der Waals surface area contributed by atoms with Crippen molar-refractivity contribution in [2.24, 2.45) is 0 Å². The maximum absolute atomic E-state index is 4.38. The Labute approximate surface area is 114 Å². The van der Waals surface area contributed by atoms with E-state index in [2.05, 4.69) is 46.5 Å². The van der Waals surface area contributed by atoms with Crippen LogP contribution >= 0.6 is 0 Å². The Morgan fingerprint density at radius 2 is 2.16 bits per heavy atom. The molecule has 1 aliphatic rings. The van der Waals surface area contributed by atoms with Crippen molar-refractivity contribution in [2.45, 2.75) is 32.6 Å². The zero-order valence-corrected chi connectivity index (χ0v) is 11.3. The third kappa shape index (κ3) is 2.75. The van der Waals surface area contributed by atoms with Crippen LogP contribution in [0.1, 0.15) is 28.8 Å². The van der Waals surface area contributed by atoms with Crippen molar-refractivity contribution in [3.63, 3.8) is 0 Å². The predicted octanol–water partition coefficient (Wildman–Crippen LogP) is 2.93. The molecule has 2 aromatic rings. The lowest BCUT2D eigenvalue weighted by Gasteiger charge is -2.09. The first-order valence-electron chi connectivity index (χ1n) is 6.95. The van der Waals surface area contributed by atoms with Crippen LogP contribution in [-0.2, 0) is 19.3 Å². The van der Waals surface area contributed by atoms with Gasteiger partial charge in [0, 0.05) is 17.8 Å². The summed E-state index contributed by atoms with van der Waals surface area (Å²) in [6, 6.07) is 8.67. The van der Waals surface area contributed by atoms with E-state index >= 15 is 0 Å².